The third kappa shape index (κ3) is 3.58. The zero-order chi connectivity index (χ0) is 14.5. The van der Waals surface area contributed by atoms with E-state index in [1.807, 2.05) is 0 Å². The molecule has 0 aliphatic rings. The fraction of sp³-hybridized carbons (Fsp3) is 0.286. The lowest BCUT2D eigenvalue weighted by atomic mass is 10.2. The fourth-order valence-electron chi connectivity index (χ4n) is 1.68. The zero-order valence-corrected chi connectivity index (χ0v) is 11.4. The molecule has 1 heterocycles. The molecule has 0 unspecified atom stereocenters. The molecule has 20 heavy (non-hydrogen) atoms. The molecule has 0 atom stereocenters. The van der Waals surface area contributed by atoms with Crippen LogP contribution in [0.15, 0.2) is 36.7 Å². The molecule has 1 N–H and O–H groups in total. The van der Waals surface area contributed by atoms with Crippen molar-refractivity contribution in [1.82, 2.24) is 15.3 Å². The van der Waals surface area contributed by atoms with Crippen molar-refractivity contribution in [3.05, 3.63) is 52.3 Å². The number of benzene rings is 1. The van der Waals surface area contributed by atoms with Crippen molar-refractivity contribution in [3.63, 3.8) is 0 Å². The average Bonchev–Trinajstić information content (AvgIpc) is 2.46. The number of nitrogens with zero attached hydrogens (tertiary/aromatic N) is 3. The van der Waals surface area contributed by atoms with Gasteiger partial charge in [-0.05, 0) is 0 Å². The topological polar surface area (TPSA) is 81.0 Å². The Kier molecular flexibility index (Phi) is 4.37. The lowest BCUT2D eigenvalue weighted by molar-refractivity contribution is -0.384. The van der Waals surface area contributed by atoms with Crippen LogP contribution in [0.3, 0.4) is 0 Å². The number of hydrogen-bond acceptors (Lipinski definition) is 5. The summed E-state index contributed by atoms with van der Waals surface area (Å²) in [7, 11) is 0. The molecule has 0 radical (unpaired) electrons. The number of hydrogen-bond donors (Lipinski definition) is 1. The third-order valence-electron chi connectivity index (χ3n) is 2.73. The van der Waals surface area contributed by atoms with E-state index in [4.69, 9.17) is 0 Å². The molecule has 0 aliphatic heterocycles. The number of non-ortho nitro benzene ring substituents is 1. The maximum Gasteiger partial charge on any atom is 0.270 e. The minimum Gasteiger partial charge on any atom is -0.310 e. The largest absolute Gasteiger partial charge is 0.310 e. The maximum atomic E-state index is 10.7. The summed E-state index contributed by atoms with van der Waals surface area (Å²) in [6.45, 7) is 4.84. The minimum atomic E-state index is -0.426. The van der Waals surface area contributed by atoms with Crippen molar-refractivity contribution in [1.29, 1.82) is 0 Å². The van der Waals surface area contributed by atoms with Crippen LogP contribution in [0, 0.1) is 10.1 Å². The average molecular weight is 272 g/mol. The Morgan fingerprint density at radius 2 is 2.00 bits per heavy atom. The van der Waals surface area contributed by atoms with Gasteiger partial charge in [0.25, 0.3) is 5.69 Å². The van der Waals surface area contributed by atoms with Crippen LogP contribution in [0.5, 0.6) is 0 Å². The lowest BCUT2D eigenvalue weighted by Gasteiger charge is -2.07. The molecule has 0 saturated carbocycles. The summed E-state index contributed by atoms with van der Waals surface area (Å²) in [6, 6.07) is 6.71. The molecule has 1 aromatic heterocycles. The molecular formula is C14H16N4O2. The SMILES string of the molecule is CC(C)NCc1cnc(-c2cccc([N+](=O)[O-])c2)nc1. The molecule has 6 nitrogen and oxygen atoms in total. The van der Waals surface area contributed by atoms with E-state index in [-0.39, 0.29) is 5.69 Å². The van der Waals surface area contributed by atoms with E-state index in [2.05, 4.69) is 29.1 Å². The van der Waals surface area contributed by atoms with Crippen LogP contribution in [-0.4, -0.2) is 20.9 Å². The monoisotopic (exact) mass is 272 g/mol. The summed E-state index contributed by atoms with van der Waals surface area (Å²) in [5.41, 5.74) is 1.66. The molecule has 2 aromatic rings. The van der Waals surface area contributed by atoms with Gasteiger partial charge in [0, 0.05) is 48.2 Å². The number of rotatable bonds is 5. The Morgan fingerprint density at radius 3 is 2.60 bits per heavy atom. The highest BCUT2D eigenvalue weighted by Crippen LogP contribution is 2.20. The minimum absolute atomic E-state index is 0.0386. The molecule has 0 spiro atoms. The Hall–Kier alpha value is -2.34. The van der Waals surface area contributed by atoms with Crippen molar-refractivity contribution in [2.45, 2.75) is 26.4 Å². The highest BCUT2D eigenvalue weighted by atomic mass is 16.6. The lowest BCUT2D eigenvalue weighted by Crippen LogP contribution is -2.21. The summed E-state index contributed by atoms with van der Waals surface area (Å²) in [5, 5.41) is 14.0. The molecule has 6 heteroatoms. The van der Waals surface area contributed by atoms with Gasteiger partial charge in [0.2, 0.25) is 0 Å². The van der Waals surface area contributed by atoms with E-state index < -0.39 is 4.92 Å². The number of aromatic nitrogens is 2. The molecule has 0 bridgehead atoms. The number of nitrogens with one attached hydrogen (secondary N) is 1. The highest BCUT2D eigenvalue weighted by Gasteiger charge is 2.08. The van der Waals surface area contributed by atoms with Gasteiger partial charge in [0.05, 0.1) is 4.92 Å². The van der Waals surface area contributed by atoms with Gasteiger partial charge in [0.15, 0.2) is 5.82 Å². The number of nitro groups is 1. The van der Waals surface area contributed by atoms with Gasteiger partial charge < -0.3 is 5.32 Å². The third-order valence-corrected chi connectivity index (χ3v) is 2.73. The van der Waals surface area contributed by atoms with Crippen molar-refractivity contribution in [3.8, 4) is 11.4 Å². The van der Waals surface area contributed by atoms with Gasteiger partial charge in [0.1, 0.15) is 0 Å². The van der Waals surface area contributed by atoms with E-state index >= 15 is 0 Å². The molecule has 104 valence electrons. The van der Waals surface area contributed by atoms with Crippen LogP contribution in [0.2, 0.25) is 0 Å². The predicted molar refractivity (Wildman–Crippen MR) is 76.1 cm³/mol. The van der Waals surface area contributed by atoms with Crippen molar-refractivity contribution >= 4 is 5.69 Å². The molecule has 1 aromatic carbocycles. The Balaban J connectivity index is 2.17. The van der Waals surface area contributed by atoms with Crippen LogP contribution < -0.4 is 5.32 Å². The van der Waals surface area contributed by atoms with Crippen LogP contribution in [0.1, 0.15) is 19.4 Å². The van der Waals surface area contributed by atoms with Gasteiger partial charge in [-0.25, -0.2) is 9.97 Å². The van der Waals surface area contributed by atoms with Gasteiger partial charge in [-0.15, -0.1) is 0 Å². The summed E-state index contributed by atoms with van der Waals surface area (Å²) in [5.74, 6) is 0.488. The van der Waals surface area contributed by atoms with Crippen molar-refractivity contribution in [2.24, 2.45) is 0 Å². The zero-order valence-electron chi connectivity index (χ0n) is 11.4. The second-order valence-corrected chi connectivity index (χ2v) is 4.76. The Labute approximate surface area is 117 Å². The standard InChI is InChI=1S/C14H16N4O2/c1-10(2)15-7-11-8-16-14(17-9-11)12-4-3-5-13(6-12)18(19)20/h3-6,8-10,15H,7H2,1-2H3. The second-order valence-electron chi connectivity index (χ2n) is 4.76. The molecule has 0 saturated heterocycles. The highest BCUT2D eigenvalue weighted by molar-refractivity contribution is 5.58. The second kappa shape index (κ2) is 6.21. The summed E-state index contributed by atoms with van der Waals surface area (Å²) in [4.78, 5) is 18.8. The van der Waals surface area contributed by atoms with E-state index in [0.29, 0.717) is 24.0 Å². The van der Waals surface area contributed by atoms with E-state index in [0.717, 1.165) is 5.56 Å². The summed E-state index contributed by atoms with van der Waals surface area (Å²) in [6.07, 6.45) is 3.47. The van der Waals surface area contributed by atoms with Gasteiger partial charge >= 0.3 is 0 Å². The Bertz CT molecular complexity index is 596. The molecule has 2 rings (SSSR count). The smallest absolute Gasteiger partial charge is 0.270 e. The van der Waals surface area contributed by atoms with E-state index in [1.165, 1.54) is 12.1 Å². The van der Waals surface area contributed by atoms with Crippen LogP contribution in [0.4, 0.5) is 5.69 Å². The van der Waals surface area contributed by atoms with E-state index in [1.54, 1.807) is 24.5 Å². The Morgan fingerprint density at radius 1 is 1.30 bits per heavy atom. The van der Waals surface area contributed by atoms with Crippen LogP contribution >= 0.6 is 0 Å². The number of nitro benzene ring substituents is 1. The maximum absolute atomic E-state index is 10.7. The first-order valence-corrected chi connectivity index (χ1v) is 6.35. The normalized spacial score (nSPS) is 10.8. The summed E-state index contributed by atoms with van der Waals surface area (Å²) >= 11 is 0. The first-order valence-electron chi connectivity index (χ1n) is 6.35. The molecule has 0 amide bonds. The first-order chi connectivity index (χ1) is 9.56. The van der Waals surface area contributed by atoms with Crippen LogP contribution in [-0.2, 0) is 6.54 Å². The molecule has 0 aliphatic carbocycles. The predicted octanol–water partition coefficient (Wildman–Crippen LogP) is 2.55. The first kappa shape index (κ1) is 14.1. The van der Waals surface area contributed by atoms with Gasteiger partial charge in [-0.3, -0.25) is 10.1 Å². The van der Waals surface area contributed by atoms with Gasteiger partial charge in [-0.1, -0.05) is 26.0 Å². The van der Waals surface area contributed by atoms with E-state index in [9.17, 15) is 10.1 Å². The quantitative estimate of drug-likeness (QED) is 0.668. The van der Waals surface area contributed by atoms with Crippen LogP contribution in [0.25, 0.3) is 11.4 Å². The fourth-order valence-corrected chi connectivity index (χ4v) is 1.68. The molecule has 0 fully saturated rings. The van der Waals surface area contributed by atoms with Crippen molar-refractivity contribution in [2.75, 3.05) is 0 Å². The summed E-state index contributed by atoms with van der Waals surface area (Å²) < 4.78 is 0. The van der Waals surface area contributed by atoms with Crippen molar-refractivity contribution < 1.29 is 4.92 Å². The molecular weight excluding hydrogens is 256 g/mol. The van der Waals surface area contributed by atoms with Gasteiger partial charge in [-0.2, -0.15) is 0 Å².